The van der Waals surface area contributed by atoms with Crippen LogP contribution in [0.2, 0.25) is 0 Å². The van der Waals surface area contributed by atoms with Crippen LogP contribution in [-0.2, 0) is 9.53 Å². The number of nitrogens with one attached hydrogen (secondary N) is 2. The Morgan fingerprint density at radius 3 is 2.57 bits per heavy atom. The van der Waals surface area contributed by atoms with E-state index in [1.807, 2.05) is 13.0 Å². The first-order chi connectivity index (χ1) is 13.5. The fourth-order valence-corrected chi connectivity index (χ4v) is 4.09. The van der Waals surface area contributed by atoms with E-state index in [9.17, 15) is 9.59 Å². The maximum absolute atomic E-state index is 12.8. The summed E-state index contributed by atoms with van der Waals surface area (Å²) in [5.74, 6) is 0.825. The summed E-state index contributed by atoms with van der Waals surface area (Å²) in [6.45, 7) is 4.37. The molecular formula is C21H31N3O4. The second kappa shape index (κ2) is 9.28. The molecule has 1 aromatic heterocycles. The molecule has 1 fully saturated rings. The van der Waals surface area contributed by atoms with Gasteiger partial charge >= 0.3 is 12.0 Å². The van der Waals surface area contributed by atoms with Crippen LogP contribution < -0.4 is 10.6 Å². The molecule has 2 heterocycles. The molecule has 0 aromatic carbocycles. The second-order valence-electron chi connectivity index (χ2n) is 7.65. The van der Waals surface area contributed by atoms with Gasteiger partial charge in [0.15, 0.2) is 0 Å². The van der Waals surface area contributed by atoms with E-state index in [0.29, 0.717) is 29.6 Å². The van der Waals surface area contributed by atoms with E-state index in [1.54, 1.807) is 13.0 Å². The average Bonchev–Trinajstić information content (AvgIpc) is 2.91. The standard InChI is InChI=1S/C21H31N3O4/c1-4-27-20(25)18-16(13-24(3)15-9-7-5-6-8-10-15)22-21(26)23-19(18)17-12-11-14(2)28-17/h11-12,15,19H,4-10,13H2,1-3H3,(H2,22,23,26)/t19-/m0/s1. The van der Waals surface area contributed by atoms with Gasteiger partial charge in [-0.3, -0.25) is 4.90 Å². The van der Waals surface area contributed by atoms with Crippen LogP contribution in [0.4, 0.5) is 4.79 Å². The van der Waals surface area contributed by atoms with E-state index in [2.05, 4.69) is 22.6 Å². The maximum Gasteiger partial charge on any atom is 0.338 e. The third-order valence-electron chi connectivity index (χ3n) is 5.55. The van der Waals surface area contributed by atoms with Crippen molar-refractivity contribution in [2.24, 2.45) is 0 Å². The number of hydrogen-bond donors (Lipinski definition) is 2. The number of esters is 1. The van der Waals surface area contributed by atoms with E-state index in [0.717, 1.165) is 18.6 Å². The number of urea groups is 1. The fraction of sp³-hybridized carbons (Fsp3) is 0.619. The number of ether oxygens (including phenoxy) is 1. The van der Waals surface area contributed by atoms with Crippen molar-refractivity contribution in [2.75, 3.05) is 20.2 Å². The van der Waals surface area contributed by atoms with Gasteiger partial charge in [0.2, 0.25) is 0 Å². The number of nitrogens with zero attached hydrogens (tertiary/aromatic N) is 1. The molecule has 154 valence electrons. The van der Waals surface area contributed by atoms with E-state index in [-0.39, 0.29) is 12.6 Å². The molecule has 1 aromatic rings. The summed E-state index contributed by atoms with van der Waals surface area (Å²) in [6, 6.07) is 3.08. The number of aryl methyl sites for hydroxylation is 1. The predicted molar refractivity (Wildman–Crippen MR) is 106 cm³/mol. The zero-order valence-corrected chi connectivity index (χ0v) is 17.0. The molecule has 0 unspecified atom stereocenters. The van der Waals surface area contributed by atoms with Crippen molar-refractivity contribution >= 4 is 12.0 Å². The Hall–Kier alpha value is -2.28. The molecule has 28 heavy (non-hydrogen) atoms. The van der Waals surface area contributed by atoms with Gasteiger partial charge in [0, 0.05) is 18.3 Å². The number of hydrogen-bond acceptors (Lipinski definition) is 5. The Balaban J connectivity index is 1.91. The number of likely N-dealkylation sites (N-methyl/N-ethyl adjacent to an activating group) is 1. The normalized spacial score (nSPS) is 21.3. The highest BCUT2D eigenvalue weighted by atomic mass is 16.5. The predicted octanol–water partition coefficient (Wildman–Crippen LogP) is 3.41. The lowest BCUT2D eigenvalue weighted by Crippen LogP contribution is -2.49. The monoisotopic (exact) mass is 389 g/mol. The third-order valence-corrected chi connectivity index (χ3v) is 5.55. The zero-order chi connectivity index (χ0) is 20.1. The SMILES string of the molecule is CCOC(=O)C1=C(CN(C)C2CCCCCC2)NC(=O)N[C@H]1c1ccc(C)o1. The molecule has 0 radical (unpaired) electrons. The second-order valence-corrected chi connectivity index (χ2v) is 7.65. The first kappa shape index (κ1) is 20.5. The van der Waals surface area contributed by atoms with Crippen molar-refractivity contribution in [1.29, 1.82) is 0 Å². The number of carbonyl (C=O) groups is 2. The van der Waals surface area contributed by atoms with Crippen LogP contribution >= 0.6 is 0 Å². The fourth-order valence-electron chi connectivity index (χ4n) is 4.09. The lowest BCUT2D eigenvalue weighted by Gasteiger charge is -2.32. The highest BCUT2D eigenvalue weighted by Gasteiger charge is 2.36. The van der Waals surface area contributed by atoms with E-state index < -0.39 is 12.0 Å². The first-order valence-electron chi connectivity index (χ1n) is 10.2. The smallest absolute Gasteiger partial charge is 0.338 e. The van der Waals surface area contributed by atoms with Crippen molar-refractivity contribution in [3.63, 3.8) is 0 Å². The summed E-state index contributed by atoms with van der Waals surface area (Å²) in [6.07, 6.45) is 7.29. The highest BCUT2D eigenvalue weighted by Crippen LogP contribution is 2.30. The van der Waals surface area contributed by atoms with E-state index in [4.69, 9.17) is 9.15 Å². The van der Waals surface area contributed by atoms with Gasteiger partial charge in [0.05, 0.1) is 12.2 Å². The molecular weight excluding hydrogens is 358 g/mol. The number of rotatable bonds is 6. The van der Waals surface area contributed by atoms with Gasteiger partial charge in [-0.15, -0.1) is 0 Å². The Kier molecular flexibility index (Phi) is 6.78. The topological polar surface area (TPSA) is 83.8 Å². The van der Waals surface area contributed by atoms with Gasteiger partial charge in [-0.1, -0.05) is 25.7 Å². The summed E-state index contributed by atoms with van der Waals surface area (Å²) in [4.78, 5) is 27.4. The molecule has 2 amide bonds. The van der Waals surface area contributed by atoms with E-state index in [1.165, 1.54) is 25.7 Å². The molecule has 7 nitrogen and oxygen atoms in total. The number of carbonyl (C=O) groups excluding carboxylic acids is 2. The molecule has 0 bridgehead atoms. The van der Waals surface area contributed by atoms with Crippen LogP contribution in [0.25, 0.3) is 0 Å². The molecule has 2 N–H and O–H groups in total. The Labute approximate surface area is 166 Å². The van der Waals surface area contributed by atoms with Crippen LogP contribution in [0.1, 0.15) is 63.0 Å². The average molecular weight is 389 g/mol. The molecule has 1 aliphatic carbocycles. The minimum Gasteiger partial charge on any atom is -0.464 e. The molecule has 0 spiro atoms. The summed E-state index contributed by atoms with van der Waals surface area (Å²) >= 11 is 0. The zero-order valence-electron chi connectivity index (χ0n) is 17.0. The van der Waals surface area contributed by atoms with Gasteiger partial charge in [-0.05, 0) is 45.9 Å². The Morgan fingerprint density at radius 1 is 1.25 bits per heavy atom. The summed E-state index contributed by atoms with van der Waals surface area (Å²) in [5.41, 5.74) is 1.00. The van der Waals surface area contributed by atoms with Crippen molar-refractivity contribution in [3.05, 3.63) is 34.9 Å². The minimum atomic E-state index is -0.654. The molecule has 1 atom stereocenters. The molecule has 1 aliphatic heterocycles. The maximum atomic E-state index is 12.8. The van der Waals surface area contributed by atoms with Crippen LogP contribution in [0.3, 0.4) is 0 Å². The van der Waals surface area contributed by atoms with Gasteiger partial charge in [0.25, 0.3) is 0 Å². The van der Waals surface area contributed by atoms with E-state index >= 15 is 0 Å². The number of amides is 2. The first-order valence-corrected chi connectivity index (χ1v) is 10.2. The molecule has 3 rings (SSSR count). The molecule has 2 aliphatic rings. The van der Waals surface area contributed by atoms with Crippen molar-refractivity contribution in [2.45, 2.75) is 64.5 Å². The van der Waals surface area contributed by atoms with Gasteiger partial charge in [-0.25, -0.2) is 9.59 Å². The van der Waals surface area contributed by atoms with Gasteiger partial charge < -0.3 is 19.8 Å². The van der Waals surface area contributed by atoms with Crippen LogP contribution in [0.5, 0.6) is 0 Å². The summed E-state index contributed by atoms with van der Waals surface area (Å²) in [5, 5.41) is 5.65. The largest absolute Gasteiger partial charge is 0.464 e. The Bertz CT molecular complexity index is 732. The minimum absolute atomic E-state index is 0.270. The lowest BCUT2D eigenvalue weighted by molar-refractivity contribution is -0.139. The summed E-state index contributed by atoms with van der Waals surface area (Å²) in [7, 11) is 2.06. The molecule has 7 heteroatoms. The Morgan fingerprint density at radius 2 is 1.96 bits per heavy atom. The van der Waals surface area contributed by atoms with Gasteiger partial charge in [-0.2, -0.15) is 0 Å². The molecule has 0 saturated heterocycles. The van der Waals surface area contributed by atoms with Gasteiger partial charge in [0.1, 0.15) is 17.6 Å². The van der Waals surface area contributed by atoms with Crippen LogP contribution in [-0.4, -0.2) is 43.1 Å². The molecule has 1 saturated carbocycles. The lowest BCUT2D eigenvalue weighted by atomic mass is 9.99. The third kappa shape index (κ3) is 4.76. The summed E-state index contributed by atoms with van der Waals surface area (Å²) < 4.78 is 11.0. The number of furan rings is 1. The van der Waals surface area contributed by atoms with Crippen molar-refractivity contribution in [3.8, 4) is 0 Å². The highest BCUT2D eigenvalue weighted by molar-refractivity contribution is 5.95. The van der Waals surface area contributed by atoms with Crippen LogP contribution in [0.15, 0.2) is 27.8 Å². The van der Waals surface area contributed by atoms with Crippen LogP contribution in [0, 0.1) is 6.92 Å². The van der Waals surface area contributed by atoms with Crippen molar-refractivity contribution < 1.29 is 18.7 Å². The quantitative estimate of drug-likeness (QED) is 0.575. The van der Waals surface area contributed by atoms with Crippen molar-refractivity contribution in [1.82, 2.24) is 15.5 Å².